The van der Waals surface area contributed by atoms with E-state index in [-0.39, 0.29) is 20.1 Å². The Morgan fingerprint density at radius 2 is 1.90 bits per heavy atom. The number of hydrogen-bond acceptors (Lipinski definition) is 3. The standard InChI is InChI=1S/C12H10F3N2O2.Ir/c1-18-10-9(12(13,14)15)11(19-2)17(16-10)8-6-4-3-5-7-8;/h3-6H,1-2H3;/q-1;. The van der Waals surface area contributed by atoms with Gasteiger partial charge in [-0.1, -0.05) is 0 Å². The van der Waals surface area contributed by atoms with Gasteiger partial charge in [0.1, 0.15) is 0 Å². The fourth-order valence-corrected chi connectivity index (χ4v) is 1.64. The van der Waals surface area contributed by atoms with Crippen molar-refractivity contribution in [2.75, 3.05) is 14.2 Å². The van der Waals surface area contributed by atoms with Crippen LogP contribution in [0.5, 0.6) is 11.8 Å². The molecule has 20 heavy (non-hydrogen) atoms. The summed E-state index contributed by atoms with van der Waals surface area (Å²) in [5.74, 6) is -0.978. The Hall–Kier alpha value is -1.53. The van der Waals surface area contributed by atoms with Crippen molar-refractivity contribution in [1.29, 1.82) is 0 Å². The van der Waals surface area contributed by atoms with Crippen molar-refractivity contribution in [2.24, 2.45) is 0 Å². The van der Waals surface area contributed by atoms with Crippen molar-refractivity contribution in [3.63, 3.8) is 0 Å². The smallest absolute Gasteiger partial charge is 0.426 e. The van der Waals surface area contributed by atoms with E-state index in [0.29, 0.717) is 5.69 Å². The Morgan fingerprint density at radius 3 is 2.35 bits per heavy atom. The Morgan fingerprint density at radius 1 is 1.20 bits per heavy atom. The molecule has 0 N–H and O–H groups in total. The maximum absolute atomic E-state index is 13.0. The van der Waals surface area contributed by atoms with Crippen LogP contribution in [0.25, 0.3) is 5.69 Å². The topological polar surface area (TPSA) is 36.3 Å². The van der Waals surface area contributed by atoms with Gasteiger partial charge in [0.15, 0.2) is 5.56 Å². The van der Waals surface area contributed by atoms with Crippen LogP contribution in [-0.2, 0) is 26.3 Å². The summed E-state index contributed by atoms with van der Waals surface area (Å²) < 4.78 is 49.5. The van der Waals surface area contributed by atoms with E-state index < -0.39 is 23.5 Å². The van der Waals surface area contributed by atoms with Gasteiger partial charge in [0, 0.05) is 20.1 Å². The molecular weight excluding hydrogens is 453 g/mol. The van der Waals surface area contributed by atoms with Gasteiger partial charge in [-0.3, -0.25) is 0 Å². The largest absolute Gasteiger partial charge is 0.480 e. The van der Waals surface area contributed by atoms with Crippen LogP contribution in [0.15, 0.2) is 24.3 Å². The van der Waals surface area contributed by atoms with Crippen LogP contribution in [0, 0.1) is 6.07 Å². The molecule has 8 heteroatoms. The van der Waals surface area contributed by atoms with Gasteiger partial charge in [-0.25, -0.2) is 4.68 Å². The number of aromatic nitrogens is 2. The third-order valence-corrected chi connectivity index (χ3v) is 2.40. The number of para-hydroxylation sites is 1. The van der Waals surface area contributed by atoms with Crippen molar-refractivity contribution in [1.82, 2.24) is 9.78 Å². The van der Waals surface area contributed by atoms with Gasteiger partial charge >= 0.3 is 6.18 Å². The number of benzene rings is 1. The Bertz CT molecular complexity index is 570. The molecule has 0 aliphatic carbocycles. The SMILES string of the molecule is COc1nn(-c2[c-]cccc2)c(OC)c1C(F)(F)F.[Ir]. The maximum Gasteiger partial charge on any atom is 0.426 e. The summed E-state index contributed by atoms with van der Waals surface area (Å²) in [6.45, 7) is 0. The molecule has 1 radical (unpaired) electrons. The number of rotatable bonds is 3. The van der Waals surface area contributed by atoms with Crippen molar-refractivity contribution >= 4 is 0 Å². The fourth-order valence-electron chi connectivity index (χ4n) is 1.64. The third kappa shape index (κ3) is 2.96. The summed E-state index contributed by atoms with van der Waals surface area (Å²) in [5.41, 5.74) is -0.720. The summed E-state index contributed by atoms with van der Waals surface area (Å²) in [6.07, 6.45) is -4.62. The quantitative estimate of drug-likeness (QED) is 0.657. The molecule has 1 aromatic carbocycles. The molecule has 0 bridgehead atoms. The maximum atomic E-state index is 13.0. The summed E-state index contributed by atoms with van der Waals surface area (Å²) in [4.78, 5) is 0. The summed E-state index contributed by atoms with van der Waals surface area (Å²) >= 11 is 0. The molecule has 2 rings (SSSR count). The zero-order valence-corrected chi connectivity index (χ0v) is 12.9. The molecule has 4 nitrogen and oxygen atoms in total. The van der Waals surface area contributed by atoms with Crippen LogP contribution < -0.4 is 9.47 Å². The van der Waals surface area contributed by atoms with Gasteiger partial charge in [-0.05, 0) is 5.69 Å². The van der Waals surface area contributed by atoms with Crippen LogP contribution in [0.1, 0.15) is 5.56 Å². The Kier molecular flexibility index (Phi) is 5.19. The molecule has 0 saturated heterocycles. The first-order valence-corrected chi connectivity index (χ1v) is 5.24. The average Bonchev–Trinajstić information content (AvgIpc) is 2.78. The summed E-state index contributed by atoms with van der Waals surface area (Å²) in [5, 5.41) is 3.75. The predicted molar refractivity (Wildman–Crippen MR) is 60.5 cm³/mol. The third-order valence-electron chi connectivity index (χ3n) is 2.40. The van der Waals surface area contributed by atoms with E-state index in [0.717, 1.165) is 18.9 Å². The minimum atomic E-state index is -4.62. The van der Waals surface area contributed by atoms with Gasteiger partial charge in [0.2, 0.25) is 11.8 Å². The molecule has 0 atom stereocenters. The molecule has 0 aliphatic rings. The van der Waals surface area contributed by atoms with Crippen molar-refractivity contribution < 1.29 is 42.8 Å². The molecule has 0 saturated carbocycles. The molecule has 0 spiro atoms. The Balaban J connectivity index is 0.00000200. The van der Waals surface area contributed by atoms with Crippen LogP contribution in [0.2, 0.25) is 0 Å². The second-order valence-corrected chi connectivity index (χ2v) is 3.55. The molecular formula is C12H10F3IrN2O2-. The first kappa shape index (κ1) is 16.5. The van der Waals surface area contributed by atoms with Gasteiger partial charge in [0.05, 0.1) is 14.2 Å². The molecule has 111 valence electrons. The van der Waals surface area contributed by atoms with Crippen LogP contribution >= 0.6 is 0 Å². The molecule has 2 aromatic rings. The van der Waals surface area contributed by atoms with Crippen molar-refractivity contribution in [3.05, 3.63) is 35.9 Å². The zero-order valence-electron chi connectivity index (χ0n) is 10.5. The normalized spacial score (nSPS) is 10.8. The predicted octanol–water partition coefficient (Wildman–Crippen LogP) is 2.71. The van der Waals surface area contributed by atoms with E-state index in [1.54, 1.807) is 24.3 Å². The zero-order chi connectivity index (χ0) is 14.0. The monoisotopic (exact) mass is 464 g/mol. The van der Waals surface area contributed by atoms with Crippen LogP contribution in [0.3, 0.4) is 0 Å². The molecule has 0 amide bonds. The van der Waals surface area contributed by atoms with Crippen molar-refractivity contribution in [3.8, 4) is 17.4 Å². The molecule has 0 unspecified atom stereocenters. The van der Waals surface area contributed by atoms with E-state index in [1.807, 2.05) is 0 Å². The van der Waals surface area contributed by atoms with Crippen LogP contribution in [0.4, 0.5) is 13.2 Å². The number of alkyl halides is 3. The van der Waals surface area contributed by atoms with E-state index in [1.165, 1.54) is 0 Å². The summed E-state index contributed by atoms with van der Waals surface area (Å²) in [6, 6.07) is 9.26. The molecule has 0 fully saturated rings. The fraction of sp³-hybridized carbons (Fsp3) is 0.250. The van der Waals surface area contributed by atoms with E-state index in [4.69, 9.17) is 4.74 Å². The molecule has 1 aromatic heterocycles. The van der Waals surface area contributed by atoms with E-state index >= 15 is 0 Å². The number of methoxy groups -OCH3 is 2. The molecule has 1 heterocycles. The first-order valence-electron chi connectivity index (χ1n) is 5.24. The minimum Gasteiger partial charge on any atom is -0.480 e. The second-order valence-electron chi connectivity index (χ2n) is 3.55. The number of nitrogens with zero attached hydrogens (tertiary/aromatic N) is 2. The number of hydrogen-bond donors (Lipinski definition) is 0. The summed E-state index contributed by atoms with van der Waals surface area (Å²) in [7, 11) is 2.27. The van der Waals surface area contributed by atoms with E-state index in [2.05, 4.69) is 15.9 Å². The number of ether oxygens (including phenoxy) is 2. The average molecular weight is 463 g/mol. The van der Waals surface area contributed by atoms with Gasteiger partial charge in [0.25, 0.3) is 0 Å². The van der Waals surface area contributed by atoms with Gasteiger partial charge in [-0.2, -0.15) is 37.4 Å². The first-order chi connectivity index (χ1) is 8.99. The van der Waals surface area contributed by atoms with E-state index in [9.17, 15) is 13.2 Å². The Labute approximate surface area is 126 Å². The number of halogens is 3. The van der Waals surface area contributed by atoms with Gasteiger partial charge in [-0.15, -0.1) is 11.2 Å². The van der Waals surface area contributed by atoms with Gasteiger partial charge < -0.3 is 9.47 Å². The van der Waals surface area contributed by atoms with Crippen LogP contribution in [-0.4, -0.2) is 24.0 Å². The molecule has 0 aliphatic heterocycles. The van der Waals surface area contributed by atoms with Crippen molar-refractivity contribution in [2.45, 2.75) is 6.18 Å². The minimum absolute atomic E-state index is 0. The second kappa shape index (κ2) is 6.28.